The smallest absolute Gasteiger partial charge is 0.221 e. The SMILES string of the molecule is Cc1nn(C)c2cnn(CCC(=O)NCCN3CCN(S(C)(=O)=O)CC3)c12. The summed E-state index contributed by atoms with van der Waals surface area (Å²) in [4.78, 5) is 14.3. The molecule has 0 bridgehead atoms. The van der Waals surface area contributed by atoms with Crippen molar-refractivity contribution in [2.75, 3.05) is 45.5 Å². The van der Waals surface area contributed by atoms with Gasteiger partial charge in [-0.05, 0) is 6.92 Å². The van der Waals surface area contributed by atoms with E-state index in [4.69, 9.17) is 0 Å². The molecule has 0 spiro atoms. The molecule has 10 nitrogen and oxygen atoms in total. The average molecular weight is 398 g/mol. The number of hydrogen-bond acceptors (Lipinski definition) is 6. The van der Waals surface area contributed by atoms with Crippen LogP contribution in [0.3, 0.4) is 0 Å². The molecule has 0 saturated carbocycles. The maximum Gasteiger partial charge on any atom is 0.221 e. The minimum Gasteiger partial charge on any atom is -0.355 e. The van der Waals surface area contributed by atoms with Gasteiger partial charge in [0.1, 0.15) is 11.0 Å². The first-order valence-corrected chi connectivity index (χ1v) is 10.9. The summed E-state index contributed by atoms with van der Waals surface area (Å²) in [7, 11) is -1.23. The van der Waals surface area contributed by atoms with Crippen molar-refractivity contribution in [2.45, 2.75) is 19.9 Å². The average Bonchev–Trinajstić information content (AvgIpc) is 3.15. The number of aromatic nitrogens is 4. The van der Waals surface area contributed by atoms with Gasteiger partial charge in [0.05, 0.1) is 24.7 Å². The highest BCUT2D eigenvalue weighted by Crippen LogP contribution is 2.16. The summed E-state index contributed by atoms with van der Waals surface area (Å²) in [6.07, 6.45) is 3.36. The second-order valence-corrected chi connectivity index (χ2v) is 8.90. The molecule has 1 amide bonds. The Morgan fingerprint density at radius 3 is 2.59 bits per heavy atom. The lowest BCUT2D eigenvalue weighted by Gasteiger charge is -2.33. The number of aryl methyl sites for hydroxylation is 3. The third-order valence-electron chi connectivity index (χ3n) is 4.91. The molecular weight excluding hydrogens is 370 g/mol. The lowest BCUT2D eigenvalue weighted by atomic mass is 10.3. The fourth-order valence-corrected chi connectivity index (χ4v) is 4.24. The molecule has 3 heterocycles. The van der Waals surface area contributed by atoms with Crippen molar-refractivity contribution in [3.8, 4) is 0 Å². The molecule has 2 aromatic rings. The van der Waals surface area contributed by atoms with Crippen LogP contribution < -0.4 is 5.32 Å². The van der Waals surface area contributed by atoms with E-state index in [0.717, 1.165) is 23.3 Å². The van der Waals surface area contributed by atoms with Crippen LogP contribution in [-0.4, -0.2) is 88.6 Å². The van der Waals surface area contributed by atoms with Gasteiger partial charge in [-0.1, -0.05) is 0 Å². The number of nitrogens with zero attached hydrogens (tertiary/aromatic N) is 6. The molecule has 27 heavy (non-hydrogen) atoms. The Bertz CT molecular complexity index is 910. The number of rotatable bonds is 7. The fraction of sp³-hybridized carbons (Fsp3) is 0.688. The van der Waals surface area contributed by atoms with Crippen molar-refractivity contribution in [3.63, 3.8) is 0 Å². The summed E-state index contributed by atoms with van der Waals surface area (Å²) >= 11 is 0. The molecule has 11 heteroatoms. The van der Waals surface area contributed by atoms with Crippen LogP contribution in [0.2, 0.25) is 0 Å². The summed E-state index contributed by atoms with van der Waals surface area (Å²) in [6, 6.07) is 0. The molecule has 1 aliphatic rings. The molecule has 1 saturated heterocycles. The number of carbonyl (C=O) groups is 1. The van der Waals surface area contributed by atoms with E-state index in [1.54, 1.807) is 10.9 Å². The molecule has 1 fully saturated rings. The molecule has 3 rings (SSSR count). The van der Waals surface area contributed by atoms with Crippen LogP contribution in [-0.2, 0) is 28.4 Å². The maximum absolute atomic E-state index is 12.1. The Morgan fingerprint density at radius 1 is 1.22 bits per heavy atom. The quantitative estimate of drug-likeness (QED) is 0.653. The van der Waals surface area contributed by atoms with Gasteiger partial charge in [-0.15, -0.1) is 0 Å². The third-order valence-corrected chi connectivity index (χ3v) is 6.22. The van der Waals surface area contributed by atoms with Crippen molar-refractivity contribution in [1.82, 2.24) is 34.1 Å². The largest absolute Gasteiger partial charge is 0.355 e. The number of amides is 1. The first-order chi connectivity index (χ1) is 12.8. The predicted molar refractivity (Wildman–Crippen MR) is 102 cm³/mol. The maximum atomic E-state index is 12.1. The van der Waals surface area contributed by atoms with Crippen LogP contribution in [0.15, 0.2) is 6.20 Å². The molecule has 0 aliphatic carbocycles. The summed E-state index contributed by atoms with van der Waals surface area (Å²) in [5.74, 6) is -0.0186. The van der Waals surface area contributed by atoms with Crippen LogP contribution in [0.5, 0.6) is 0 Å². The normalized spacial score (nSPS) is 16.9. The molecule has 150 valence electrons. The second kappa shape index (κ2) is 7.95. The van der Waals surface area contributed by atoms with E-state index in [-0.39, 0.29) is 5.91 Å². The van der Waals surface area contributed by atoms with Crippen LogP contribution in [0.4, 0.5) is 0 Å². The van der Waals surface area contributed by atoms with E-state index in [0.29, 0.717) is 45.7 Å². The van der Waals surface area contributed by atoms with E-state index in [1.165, 1.54) is 10.6 Å². The zero-order valence-electron chi connectivity index (χ0n) is 16.1. The van der Waals surface area contributed by atoms with Gasteiger partial charge >= 0.3 is 0 Å². The van der Waals surface area contributed by atoms with Gasteiger partial charge in [0.15, 0.2) is 0 Å². The molecular formula is C16H27N7O3S. The number of piperazine rings is 1. The Balaban J connectivity index is 1.39. The van der Waals surface area contributed by atoms with Gasteiger partial charge in [-0.3, -0.25) is 19.1 Å². The first kappa shape index (κ1) is 19.8. The lowest BCUT2D eigenvalue weighted by molar-refractivity contribution is -0.121. The highest BCUT2D eigenvalue weighted by molar-refractivity contribution is 7.88. The standard InChI is InChI=1S/C16H27N7O3S/c1-13-16-14(20(2)19-13)12-18-23(16)6-4-15(24)17-5-7-21-8-10-22(11-9-21)27(3,25)26/h12H,4-11H2,1-3H3,(H,17,24). The van der Waals surface area contributed by atoms with Crippen molar-refractivity contribution >= 4 is 27.0 Å². The summed E-state index contributed by atoms with van der Waals surface area (Å²) in [5, 5.41) is 11.6. The van der Waals surface area contributed by atoms with Gasteiger partial charge < -0.3 is 5.32 Å². The number of sulfonamides is 1. The van der Waals surface area contributed by atoms with Crippen molar-refractivity contribution in [1.29, 1.82) is 0 Å². The van der Waals surface area contributed by atoms with E-state index < -0.39 is 10.0 Å². The van der Waals surface area contributed by atoms with Crippen molar-refractivity contribution in [2.24, 2.45) is 7.05 Å². The van der Waals surface area contributed by atoms with E-state index in [9.17, 15) is 13.2 Å². The Kier molecular flexibility index (Phi) is 5.82. The minimum absolute atomic E-state index is 0.0186. The number of carbonyl (C=O) groups excluding carboxylic acids is 1. The monoisotopic (exact) mass is 397 g/mol. The summed E-state index contributed by atoms with van der Waals surface area (Å²) in [6.45, 7) is 6.11. The lowest BCUT2D eigenvalue weighted by Crippen LogP contribution is -2.49. The van der Waals surface area contributed by atoms with Crippen LogP contribution in [0.25, 0.3) is 11.0 Å². The molecule has 0 atom stereocenters. The van der Waals surface area contributed by atoms with E-state index in [1.807, 2.05) is 18.7 Å². The summed E-state index contributed by atoms with van der Waals surface area (Å²) in [5.41, 5.74) is 2.83. The van der Waals surface area contributed by atoms with Crippen LogP contribution in [0, 0.1) is 6.92 Å². The second-order valence-electron chi connectivity index (χ2n) is 6.91. The molecule has 1 N–H and O–H groups in total. The molecule has 0 radical (unpaired) electrons. The van der Waals surface area contributed by atoms with Crippen molar-refractivity contribution < 1.29 is 13.2 Å². The van der Waals surface area contributed by atoms with E-state index >= 15 is 0 Å². The Hall–Kier alpha value is -1.98. The van der Waals surface area contributed by atoms with Gasteiger partial charge in [0.25, 0.3) is 0 Å². The Labute approximate surface area is 159 Å². The zero-order valence-corrected chi connectivity index (χ0v) is 16.9. The van der Waals surface area contributed by atoms with Gasteiger partial charge in [0, 0.05) is 52.7 Å². The van der Waals surface area contributed by atoms with Crippen LogP contribution >= 0.6 is 0 Å². The summed E-state index contributed by atoms with van der Waals surface area (Å²) < 4.78 is 28.1. The topological polar surface area (TPSA) is 105 Å². The number of hydrogen-bond donors (Lipinski definition) is 1. The minimum atomic E-state index is -3.11. The third kappa shape index (κ3) is 4.66. The van der Waals surface area contributed by atoms with Gasteiger partial charge in [-0.25, -0.2) is 8.42 Å². The molecule has 0 unspecified atom stereocenters. The zero-order chi connectivity index (χ0) is 19.6. The number of nitrogens with one attached hydrogen (secondary N) is 1. The van der Waals surface area contributed by atoms with Crippen LogP contribution in [0.1, 0.15) is 12.1 Å². The van der Waals surface area contributed by atoms with Crippen molar-refractivity contribution in [3.05, 3.63) is 11.9 Å². The molecule has 2 aromatic heterocycles. The highest BCUT2D eigenvalue weighted by atomic mass is 32.2. The molecule has 0 aromatic carbocycles. The molecule has 1 aliphatic heterocycles. The fourth-order valence-electron chi connectivity index (χ4n) is 3.41. The predicted octanol–water partition coefficient (Wildman–Crippen LogP) is -0.838. The van der Waals surface area contributed by atoms with Gasteiger partial charge in [0.2, 0.25) is 15.9 Å². The first-order valence-electron chi connectivity index (χ1n) is 9.05. The van der Waals surface area contributed by atoms with E-state index in [2.05, 4.69) is 20.4 Å². The highest BCUT2D eigenvalue weighted by Gasteiger charge is 2.23. The van der Waals surface area contributed by atoms with Gasteiger partial charge in [-0.2, -0.15) is 14.5 Å². The Morgan fingerprint density at radius 2 is 1.93 bits per heavy atom. The number of fused-ring (bicyclic) bond motifs is 1.